The minimum Gasteiger partial charge on any atom is -0.497 e. The van der Waals surface area contributed by atoms with Crippen LogP contribution in [0.25, 0.3) is 0 Å². The molecule has 0 unspecified atom stereocenters. The molecular formula is C32H41N3O5S. The summed E-state index contributed by atoms with van der Waals surface area (Å²) >= 11 is 0. The molecule has 1 atom stereocenters. The lowest BCUT2D eigenvalue weighted by molar-refractivity contribution is -0.141. The maximum atomic E-state index is 13.9. The lowest BCUT2D eigenvalue weighted by atomic mass is 10.0. The van der Waals surface area contributed by atoms with Gasteiger partial charge in [0.1, 0.15) is 11.8 Å². The molecule has 0 fully saturated rings. The second kappa shape index (κ2) is 15.2. The molecule has 0 spiro atoms. The van der Waals surface area contributed by atoms with E-state index < -0.39 is 16.1 Å². The molecule has 0 aliphatic rings. The average molecular weight is 580 g/mol. The van der Waals surface area contributed by atoms with E-state index in [1.54, 1.807) is 36.3 Å². The van der Waals surface area contributed by atoms with Gasteiger partial charge in [-0.15, -0.1) is 0 Å². The number of nitrogens with one attached hydrogen (secondary N) is 1. The van der Waals surface area contributed by atoms with Crippen LogP contribution in [0, 0.1) is 5.92 Å². The Bertz CT molecular complexity index is 1360. The number of methoxy groups -OCH3 is 1. The first-order valence-electron chi connectivity index (χ1n) is 13.8. The molecule has 0 aliphatic carbocycles. The van der Waals surface area contributed by atoms with E-state index in [2.05, 4.69) is 5.32 Å². The molecule has 0 heterocycles. The second-order valence-electron chi connectivity index (χ2n) is 10.5. The van der Waals surface area contributed by atoms with E-state index in [4.69, 9.17) is 4.74 Å². The molecule has 1 N–H and O–H groups in total. The topological polar surface area (TPSA) is 96.0 Å². The van der Waals surface area contributed by atoms with Crippen molar-refractivity contribution in [2.45, 2.75) is 45.7 Å². The number of ether oxygens (including phenoxy) is 1. The predicted octanol–water partition coefficient (Wildman–Crippen LogP) is 4.65. The first-order chi connectivity index (χ1) is 19.6. The van der Waals surface area contributed by atoms with Gasteiger partial charge in [-0.05, 0) is 47.7 Å². The number of para-hydroxylation sites is 1. The van der Waals surface area contributed by atoms with E-state index in [0.29, 0.717) is 30.8 Å². The van der Waals surface area contributed by atoms with Gasteiger partial charge in [-0.3, -0.25) is 13.9 Å². The van der Waals surface area contributed by atoms with Crippen LogP contribution >= 0.6 is 0 Å². The van der Waals surface area contributed by atoms with Gasteiger partial charge in [0.05, 0.1) is 19.1 Å². The van der Waals surface area contributed by atoms with E-state index >= 15 is 0 Å². The molecule has 0 radical (unpaired) electrons. The molecule has 3 aromatic rings. The van der Waals surface area contributed by atoms with Crippen LogP contribution in [0.3, 0.4) is 0 Å². The van der Waals surface area contributed by atoms with Gasteiger partial charge in [-0.1, -0.05) is 74.5 Å². The molecule has 2 amide bonds. The summed E-state index contributed by atoms with van der Waals surface area (Å²) in [5, 5.41) is 3.02. The Morgan fingerprint density at radius 3 is 2.15 bits per heavy atom. The average Bonchev–Trinajstić information content (AvgIpc) is 2.96. The number of nitrogens with zero attached hydrogens (tertiary/aromatic N) is 2. The summed E-state index contributed by atoms with van der Waals surface area (Å²) in [5.41, 5.74) is 2.31. The number of anilines is 1. The zero-order valence-electron chi connectivity index (χ0n) is 24.3. The number of carbonyl (C=O) groups excluding carboxylic acids is 2. The fourth-order valence-electron chi connectivity index (χ4n) is 4.54. The number of rotatable bonds is 15. The molecule has 41 heavy (non-hydrogen) atoms. The molecule has 0 aromatic heterocycles. The summed E-state index contributed by atoms with van der Waals surface area (Å²) < 4.78 is 31.8. The second-order valence-corrected chi connectivity index (χ2v) is 12.4. The standard InChI is InChI=1S/C32H41N3O5S/c1-25(2)23-33-32(37)30(22-26-13-7-5-8-14-26)34(24-27-15-11-18-29(21-27)40-3)31(36)19-12-20-35(41(4,38)39)28-16-9-6-10-17-28/h5-11,13-18,21,25,30H,12,19-20,22-24H2,1-4H3,(H,33,37)/t30-/m0/s1. The molecule has 0 saturated carbocycles. The molecule has 9 heteroatoms. The fraction of sp³-hybridized carbons (Fsp3) is 0.375. The minimum atomic E-state index is -3.55. The van der Waals surface area contributed by atoms with Gasteiger partial charge >= 0.3 is 0 Å². The highest BCUT2D eigenvalue weighted by molar-refractivity contribution is 7.92. The summed E-state index contributed by atoms with van der Waals surface area (Å²) in [6.07, 6.45) is 1.87. The summed E-state index contributed by atoms with van der Waals surface area (Å²) in [5.74, 6) is 0.458. The Kier molecular flexibility index (Phi) is 11.8. The lowest BCUT2D eigenvalue weighted by Crippen LogP contribution is -2.51. The van der Waals surface area contributed by atoms with E-state index in [-0.39, 0.29) is 37.2 Å². The number of carbonyl (C=O) groups is 2. The van der Waals surface area contributed by atoms with Crippen LogP contribution in [0.4, 0.5) is 5.69 Å². The van der Waals surface area contributed by atoms with Crippen molar-refractivity contribution in [1.82, 2.24) is 10.2 Å². The van der Waals surface area contributed by atoms with Crippen molar-refractivity contribution in [1.29, 1.82) is 0 Å². The summed E-state index contributed by atoms with van der Waals surface area (Å²) in [7, 11) is -1.96. The zero-order chi connectivity index (χ0) is 29.8. The quantitative estimate of drug-likeness (QED) is 0.283. The van der Waals surface area contributed by atoms with Gasteiger partial charge in [-0.25, -0.2) is 8.42 Å². The van der Waals surface area contributed by atoms with Crippen LogP contribution in [0.1, 0.15) is 37.8 Å². The normalized spacial score (nSPS) is 12.0. The van der Waals surface area contributed by atoms with E-state index in [1.807, 2.05) is 74.5 Å². The molecule has 3 rings (SSSR count). The van der Waals surface area contributed by atoms with Gasteiger partial charge in [0, 0.05) is 32.5 Å². The third-order valence-electron chi connectivity index (χ3n) is 6.64. The van der Waals surface area contributed by atoms with Crippen molar-refractivity contribution in [2.75, 3.05) is 30.8 Å². The van der Waals surface area contributed by atoms with E-state index in [0.717, 1.165) is 17.4 Å². The van der Waals surface area contributed by atoms with Crippen LogP contribution in [0.15, 0.2) is 84.9 Å². The Morgan fingerprint density at radius 2 is 1.54 bits per heavy atom. The largest absolute Gasteiger partial charge is 0.497 e. The molecule has 3 aromatic carbocycles. The number of hydrogen-bond donors (Lipinski definition) is 1. The highest BCUT2D eigenvalue weighted by Crippen LogP contribution is 2.21. The first kappa shape index (κ1) is 31.7. The van der Waals surface area contributed by atoms with Crippen molar-refractivity contribution in [2.24, 2.45) is 5.92 Å². The number of amides is 2. The van der Waals surface area contributed by atoms with Crippen LogP contribution in [0.5, 0.6) is 5.75 Å². The SMILES string of the molecule is COc1cccc(CN(C(=O)CCCN(c2ccccc2)S(C)(=O)=O)[C@@H](Cc2ccccc2)C(=O)NCC(C)C)c1. The van der Waals surface area contributed by atoms with Gasteiger partial charge in [-0.2, -0.15) is 0 Å². The third-order valence-corrected chi connectivity index (χ3v) is 7.83. The summed E-state index contributed by atoms with van der Waals surface area (Å²) in [6.45, 7) is 4.88. The van der Waals surface area contributed by atoms with Crippen LogP contribution in [0.2, 0.25) is 0 Å². The third kappa shape index (κ3) is 9.93. The lowest BCUT2D eigenvalue weighted by Gasteiger charge is -2.32. The molecule has 0 bridgehead atoms. The fourth-order valence-corrected chi connectivity index (χ4v) is 5.51. The van der Waals surface area contributed by atoms with Crippen molar-refractivity contribution < 1.29 is 22.7 Å². The molecular weight excluding hydrogens is 538 g/mol. The van der Waals surface area contributed by atoms with Gasteiger partial charge < -0.3 is 15.0 Å². The Hall–Kier alpha value is -3.85. The first-order valence-corrected chi connectivity index (χ1v) is 15.7. The van der Waals surface area contributed by atoms with Crippen molar-refractivity contribution in [3.8, 4) is 5.75 Å². The monoisotopic (exact) mass is 579 g/mol. The number of hydrogen-bond acceptors (Lipinski definition) is 5. The smallest absolute Gasteiger partial charge is 0.243 e. The van der Waals surface area contributed by atoms with Crippen molar-refractivity contribution in [3.05, 3.63) is 96.1 Å². The van der Waals surface area contributed by atoms with Crippen molar-refractivity contribution in [3.63, 3.8) is 0 Å². The van der Waals surface area contributed by atoms with E-state index in [1.165, 1.54) is 4.31 Å². The van der Waals surface area contributed by atoms with Gasteiger partial charge in [0.2, 0.25) is 21.8 Å². The number of benzene rings is 3. The number of sulfonamides is 1. The van der Waals surface area contributed by atoms with Crippen molar-refractivity contribution >= 4 is 27.5 Å². The van der Waals surface area contributed by atoms with Gasteiger partial charge in [0.15, 0.2) is 0 Å². The van der Waals surface area contributed by atoms with E-state index in [9.17, 15) is 18.0 Å². The predicted molar refractivity (Wildman–Crippen MR) is 163 cm³/mol. The minimum absolute atomic E-state index is 0.0750. The van der Waals surface area contributed by atoms with Gasteiger partial charge in [0.25, 0.3) is 0 Å². The Balaban J connectivity index is 1.89. The molecule has 0 saturated heterocycles. The highest BCUT2D eigenvalue weighted by Gasteiger charge is 2.30. The highest BCUT2D eigenvalue weighted by atomic mass is 32.2. The van der Waals surface area contributed by atoms with Crippen LogP contribution in [-0.4, -0.2) is 57.6 Å². The molecule has 220 valence electrons. The van der Waals surface area contributed by atoms with Crippen LogP contribution in [-0.2, 0) is 32.6 Å². The Labute approximate surface area is 244 Å². The molecule has 0 aliphatic heterocycles. The van der Waals surface area contributed by atoms with Crippen LogP contribution < -0.4 is 14.4 Å². The summed E-state index contributed by atoms with van der Waals surface area (Å²) in [6, 6.07) is 25.1. The maximum absolute atomic E-state index is 13.9. The molecule has 8 nitrogen and oxygen atoms in total. The maximum Gasteiger partial charge on any atom is 0.243 e. The Morgan fingerprint density at radius 1 is 0.902 bits per heavy atom. The zero-order valence-corrected chi connectivity index (χ0v) is 25.1. The summed E-state index contributed by atoms with van der Waals surface area (Å²) in [4.78, 5) is 29.1.